The van der Waals surface area contributed by atoms with Crippen molar-refractivity contribution in [1.29, 1.82) is 0 Å². The first-order valence-corrected chi connectivity index (χ1v) is 16.2. The number of H-pyrrole nitrogens is 1. The molecule has 43 heavy (non-hydrogen) atoms. The second kappa shape index (κ2) is 8.84. The van der Waals surface area contributed by atoms with Crippen LogP contribution in [0.3, 0.4) is 0 Å². The highest BCUT2D eigenvalue weighted by Gasteiger charge is 2.67. The van der Waals surface area contributed by atoms with Crippen LogP contribution in [0.5, 0.6) is 11.5 Å². The molecule has 7 atom stereocenters. The summed E-state index contributed by atoms with van der Waals surface area (Å²) in [6, 6.07) is 7.73. The zero-order valence-corrected chi connectivity index (χ0v) is 27.0. The Bertz CT molecular complexity index is 1740. The molecule has 1 heterocycles. The molecule has 4 N–H and O–H groups in total. The summed E-state index contributed by atoms with van der Waals surface area (Å²) in [5.41, 5.74) is 5.24. The van der Waals surface area contributed by atoms with Crippen molar-refractivity contribution in [3.63, 3.8) is 0 Å². The number of nitrogens with one attached hydrogen (secondary N) is 1. The van der Waals surface area contributed by atoms with Gasteiger partial charge in [0.25, 0.3) is 0 Å². The lowest BCUT2D eigenvalue weighted by Gasteiger charge is -2.70. The Hall–Kier alpha value is -2.92. The van der Waals surface area contributed by atoms with E-state index < -0.39 is 11.4 Å². The number of halogens is 1. The zero-order chi connectivity index (χ0) is 30.9. The Morgan fingerprint density at radius 1 is 0.977 bits per heavy atom. The van der Waals surface area contributed by atoms with Crippen LogP contribution in [0.15, 0.2) is 42.1 Å². The average Bonchev–Trinajstić information content (AvgIpc) is 3.37. The lowest BCUT2D eigenvalue weighted by Crippen LogP contribution is -2.62. The van der Waals surface area contributed by atoms with E-state index in [1.54, 1.807) is 0 Å². The molecule has 1 aromatic heterocycles. The summed E-state index contributed by atoms with van der Waals surface area (Å²) in [6.45, 7) is 13.5. The minimum Gasteiger partial charge on any atom is -0.504 e. The predicted octanol–water partition coefficient (Wildman–Crippen LogP) is 9.37. The van der Waals surface area contributed by atoms with Gasteiger partial charge in [0.1, 0.15) is 0 Å². The number of hydrogen-bond acceptors (Lipinski definition) is 3. The van der Waals surface area contributed by atoms with Crippen molar-refractivity contribution in [2.24, 2.45) is 27.6 Å². The number of carboxylic acids is 1. The summed E-state index contributed by atoms with van der Waals surface area (Å²) in [5.74, 6) is -0.641. The maximum atomic E-state index is 12.5. The summed E-state index contributed by atoms with van der Waals surface area (Å²) in [4.78, 5) is 16.0. The minimum atomic E-state index is -0.702. The van der Waals surface area contributed by atoms with Gasteiger partial charge < -0.3 is 20.3 Å². The molecular formula is C37H44ClNO4. The number of rotatable bonds is 2. The lowest BCUT2D eigenvalue weighted by molar-refractivity contribution is -0.177. The first-order valence-electron chi connectivity index (χ1n) is 15.9. The molecule has 4 aliphatic carbocycles. The van der Waals surface area contributed by atoms with E-state index >= 15 is 0 Å². The number of phenolic OH excluding ortho intramolecular Hbond substituents is 2. The van der Waals surface area contributed by atoms with Gasteiger partial charge in [-0.05, 0) is 127 Å². The van der Waals surface area contributed by atoms with Crippen LogP contribution in [0, 0.1) is 34.5 Å². The maximum Gasteiger partial charge on any atom is 0.309 e. The number of hydrogen-bond donors (Lipinski definition) is 4. The van der Waals surface area contributed by atoms with E-state index in [1.165, 1.54) is 5.57 Å². The Morgan fingerprint density at radius 2 is 1.70 bits per heavy atom. The van der Waals surface area contributed by atoms with E-state index in [0.717, 1.165) is 66.1 Å². The molecule has 0 radical (unpaired) electrons. The number of aromatic nitrogens is 1. The fraction of sp³-hybridized carbons (Fsp3) is 0.541. The normalized spacial score (nSPS) is 38.4. The smallest absolute Gasteiger partial charge is 0.309 e. The van der Waals surface area contributed by atoms with Gasteiger partial charge in [0.05, 0.1) is 5.41 Å². The van der Waals surface area contributed by atoms with Crippen molar-refractivity contribution in [2.45, 2.75) is 97.8 Å². The standard InChI is InChI=1S/C37H44ClNO4/c1-20-30-23(24-19-39-26-8-7-21(38)15-22(24)26)16-28-35(4,25(30)17-27(40)31(20)41)12-14-37(6)29-18-34(3,32(42)43)10-9-33(29,2)11-13-36(28,37)5/h7-8,15-17,19,23,29,39-41H,9-14,18H2,1-6H3,(H,42,43)/t23-,29+,33+,34+,35-,36+,37-/m0/s1. The van der Waals surface area contributed by atoms with Gasteiger partial charge in [-0.2, -0.15) is 0 Å². The highest BCUT2D eigenvalue weighted by atomic mass is 35.5. The molecule has 0 unspecified atom stereocenters. The predicted molar refractivity (Wildman–Crippen MR) is 171 cm³/mol. The van der Waals surface area contributed by atoms with Gasteiger partial charge in [-0.25, -0.2) is 0 Å². The van der Waals surface area contributed by atoms with Crippen LogP contribution in [-0.4, -0.2) is 26.3 Å². The average molecular weight is 602 g/mol. The van der Waals surface area contributed by atoms with Crippen molar-refractivity contribution >= 4 is 28.5 Å². The van der Waals surface area contributed by atoms with Crippen molar-refractivity contribution in [3.8, 4) is 11.5 Å². The molecule has 2 aromatic carbocycles. The number of carbonyl (C=O) groups is 1. The summed E-state index contributed by atoms with van der Waals surface area (Å²) < 4.78 is 0. The number of carboxylic acid groups (broad SMARTS) is 1. The molecule has 6 heteroatoms. The largest absolute Gasteiger partial charge is 0.504 e. The summed E-state index contributed by atoms with van der Waals surface area (Å²) in [7, 11) is 0. The van der Waals surface area contributed by atoms with Crippen LogP contribution in [0.25, 0.3) is 10.9 Å². The second-order valence-corrected chi connectivity index (χ2v) is 16.1. The van der Waals surface area contributed by atoms with E-state index in [9.17, 15) is 20.1 Å². The van der Waals surface area contributed by atoms with E-state index in [2.05, 4.69) is 45.0 Å². The number of phenols is 2. The number of allylic oxidation sites excluding steroid dienone is 2. The molecule has 0 amide bonds. The van der Waals surface area contributed by atoms with Gasteiger partial charge in [0.2, 0.25) is 0 Å². The van der Waals surface area contributed by atoms with E-state index in [1.807, 2.05) is 38.1 Å². The Kier molecular flexibility index (Phi) is 5.92. The van der Waals surface area contributed by atoms with Crippen LogP contribution in [0.1, 0.15) is 108 Å². The van der Waals surface area contributed by atoms with Crippen molar-refractivity contribution in [1.82, 2.24) is 4.98 Å². The Labute approximate surface area is 259 Å². The molecule has 0 aliphatic heterocycles. The van der Waals surface area contributed by atoms with E-state index in [0.29, 0.717) is 22.9 Å². The fourth-order valence-corrected chi connectivity index (χ4v) is 10.7. The van der Waals surface area contributed by atoms with Gasteiger partial charge in [-0.3, -0.25) is 4.79 Å². The first kappa shape index (κ1) is 28.8. The molecule has 7 rings (SSSR count). The van der Waals surface area contributed by atoms with Crippen molar-refractivity contribution < 1.29 is 20.1 Å². The van der Waals surface area contributed by atoms with Crippen LogP contribution in [-0.2, 0) is 10.2 Å². The molecule has 0 bridgehead atoms. The fourth-order valence-electron chi connectivity index (χ4n) is 10.6. The van der Waals surface area contributed by atoms with Gasteiger partial charge in [-0.15, -0.1) is 0 Å². The maximum absolute atomic E-state index is 12.5. The molecule has 0 saturated heterocycles. The number of benzene rings is 2. The van der Waals surface area contributed by atoms with Crippen molar-refractivity contribution in [3.05, 3.63) is 69.4 Å². The third-order valence-corrected chi connectivity index (χ3v) is 13.9. The monoisotopic (exact) mass is 601 g/mol. The molecule has 3 saturated carbocycles. The molecule has 3 fully saturated rings. The highest BCUT2D eigenvalue weighted by molar-refractivity contribution is 6.31. The number of aliphatic carboxylic acids is 1. The van der Waals surface area contributed by atoms with Crippen molar-refractivity contribution in [2.75, 3.05) is 0 Å². The van der Waals surface area contributed by atoms with E-state index in [-0.39, 0.29) is 39.1 Å². The van der Waals surface area contributed by atoms with Crippen LogP contribution in [0.2, 0.25) is 5.02 Å². The minimum absolute atomic E-state index is 0.0578. The molecule has 3 aromatic rings. The van der Waals surface area contributed by atoms with Crippen LogP contribution >= 0.6 is 11.6 Å². The summed E-state index contributed by atoms with van der Waals surface area (Å²) in [6.07, 6.45) is 11.0. The van der Waals surface area contributed by atoms with Gasteiger partial charge in [0, 0.05) is 33.5 Å². The van der Waals surface area contributed by atoms with Crippen LogP contribution in [0.4, 0.5) is 0 Å². The Balaban J connectivity index is 1.47. The number of aromatic hydroxyl groups is 2. The van der Waals surface area contributed by atoms with Gasteiger partial charge >= 0.3 is 5.97 Å². The molecule has 0 spiro atoms. The summed E-state index contributed by atoms with van der Waals surface area (Å²) in [5, 5.41) is 34.0. The first-order chi connectivity index (χ1) is 20.1. The molecular weight excluding hydrogens is 558 g/mol. The summed E-state index contributed by atoms with van der Waals surface area (Å²) >= 11 is 6.51. The topological polar surface area (TPSA) is 93.5 Å². The zero-order valence-electron chi connectivity index (χ0n) is 26.2. The van der Waals surface area contributed by atoms with Gasteiger partial charge in [0.15, 0.2) is 11.5 Å². The molecule has 228 valence electrons. The quantitative estimate of drug-likeness (QED) is 0.174. The SMILES string of the molecule is Cc1c(O)c(O)cc2c1[C@H](c1c[nH]c3ccc(Cl)cc13)C=C1[C@@]2(C)CC[C@@]2(C)[C@@H]3C[C@](C)(C(=O)O)CC[C@]3(C)CC[C@]12C. The lowest BCUT2D eigenvalue weighted by atomic mass is 9.34. The third-order valence-electron chi connectivity index (χ3n) is 13.6. The van der Waals surface area contributed by atoms with Crippen LogP contribution < -0.4 is 0 Å². The highest BCUT2D eigenvalue weighted by Crippen LogP contribution is 2.75. The Morgan fingerprint density at radius 3 is 2.42 bits per heavy atom. The molecule has 4 aliphatic rings. The van der Waals surface area contributed by atoms with E-state index in [4.69, 9.17) is 11.6 Å². The second-order valence-electron chi connectivity index (χ2n) is 15.7. The number of fused-ring (bicyclic) bond motifs is 8. The third kappa shape index (κ3) is 3.61. The molecule has 5 nitrogen and oxygen atoms in total. The van der Waals surface area contributed by atoms with Gasteiger partial charge in [-0.1, -0.05) is 50.9 Å². The number of aromatic amines is 1.